The fraction of sp³-hybridized carbons (Fsp3) is 0.167. The minimum Gasteiger partial charge on any atom is -0.497 e. The van der Waals surface area contributed by atoms with Gasteiger partial charge in [-0.25, -0.2) is 4.79 Å². The van der Waals surface area contributed by atoms with Crippen molar-refractivity contribution in [3.05, 3.63) is 94.5 Å². The Morgan fingerprint density at radius 3 is 2.35 bits per heavy atom. The standard InChI is InChI=1S/C24H22ClNO5/c1-30-20-9-5-8-18(12-20)15-26(14-17-6-3-2-4-7-17)23(27)16-31-22-11-10-19(25)13-21(22)24(28)29/h2-13H,14-16H2,1H3,(H,28,29). The van der Waals surface area contributed by atoms with Crippen molar-refractivity contribution in [2.75, 3.05) is 13.7 Å². The first-order valence-corrected chi connectivity index (χ1v) is 9.94. The normalized spacial score (nSPS) is 10.4. The predicted molar refractivity (Wildman–Crippen MR) is 118 cm³/mol. The summed E-state index contributed by atoms with van der Waals surface area (Å²) in [6.07, 6.45) is 0. The minimum absolute atomic E-state index is 0.0892. The van der Waals surface area contributed by atoms with Gasteiger partial charge < -0.3 is 19.5 Å². The van der Waals surface area contributed by atoms with Gasteiger partial charge in [-0.05, 0) is 41.5 Å². The molecule has 0 aliphatic carbocycles. The van der Waals surface area contributed by atoms with Gasteiger partial charge in [0.05, 0.1) is 7.11 Å². The van der Waals surface area contributed by atoms with E-state index in [9.17, 15) is 14.7 Å². The summed E-state index contributed by atoms with van der Waals surface area (Å²) < 4.78 is 10.8. The molecular formula is C24H22ClNO5. The molecule has 3 aromatic rings. The van der Waals surface area contributed by atoms with Crippen LogP contribution >= 0.6 is 11.6 Å². The van der Waals surface area contributed by atoms with Gasteiger partial charge in [0.25, 0.3) is 5.91 Å². The van der Waals surface area contributed by atoms with E-state index in [1.807, 2.05) is 54.6 Å². The van der Waals surface area contributed by atoms with Crippen LogP contribution in [0.15, 0.2) is 72.8 Å². The number of amides is 1. The van der Waals surface area contributed by atoms with E-state index >= 15 is 0 Å². The van der Waals surface area contributed by atoms with E-state index in [1.54, 1.807) is 12.0 Å². The number of carbonyl (C=O) groups is 2. The number of rotatable bonds is 9. The van der Waals surface area contributed by atoms with Gasteiger partial charge in [0, 0.05) is 18.1 Å². The molecule has 0 bridgehead atoms. The molecule has 1 amide bonds. The number of benzene rings is 3. The van der Waals surface area contributed by atoms with Crippen molar-refractivity contribution in [2.24, 2.45) is 0 Å². The van der Waals surface area contributed by atoms with E-state index in [0.29, 0.717) is 18.8 Å². The van der Waals surface area contributed by atoms with E-state index in [4.69, 9.17) is 21.1 Å². The van der Waals surface area contributed by atoms with E-state index in [0.717, 1.165) is 11.1 Å². The Bertz CT molecular complexity index is 1050. The molecule has 3 aromatic carbocycles. The third kappa shape index (κ3) is 6.23. The van der Waals surface area contributed by atoms with Gasteiger partial charge in [0.1, 0.15) is 17.1 Å². The van der Waals surface area contributed by atoms with Gasteiger partial charge in [0.2, 0.25) is 0 Å². The topological polar surface area (TPSA) is 76.1 Å². The Kier molecular flexibility index (Phi) is 7.51. The van der Waals surface area contributed by atoms with Crippen LogP contribution in [0.4, 0.5) is 0 Å². The average Bonchev–Trinajstić information content (AvgIpc) is 2.78. The molecule has 0 fully saturated rings. The smallest absolute Gasteiger partial charge is 0.339 e. The average molecular weight is 440 g/mol. The SMILES string of the molecule is COc1cccc(CN(Cc2ccccc2)C(=O)COc2ccc(Cl)cc2C(=O)O)c1. The van der Waals surface area contributed by atoms with Crippen molar-refractivity contribution >= 4 is 23.5 Å². The summed E-state index contributed by atoms with van der Waals surface area (Å²) in [7, 11) is 1.59. The zero-order valence-electron chi connectivity index (χ0n) is 17.0. The van der Waals surface area contributed by atoms with Gasteiger partial charge in [0.15, 0.2) is 6.61 Å². The van der Waals surface area contributed by atoms with E-state index in [1.165, 1.54) is 18.2 Å². The van der Waals surface area contributed by atoms with Crippen molar-refractivity contribution < 1.29 is 24.2 Å². The lowest BCUT2D eigenvalue weighted by Gasteiger charge is -2.23. The molecule has 0 saturated heterocycles. The number of halogens is 1. The highest BCUT2D eigenvalue weighted by Gasteiger charge is 2.18. The zero-order valence-corrected chi connectivity index (χ0v) is 17.7. The largest absolute Gasteiger partial charge is 0.497 e. The van der Waals surface area contributed by atoms with Crippen molar-refractivity contribution in [3.8, 4) is 11.5 Å². The summed E-state index contributed by atoms with van der Waals surface area (Å²) in [6.45, 7) is 0.423. The van der Waals surface area contributed by atoms with Crippen molar-refractivity contribution in [3.63, 3.8) is 0 Å². The van der Waals surface area contributed by atoms with Crippen LogP contribution in [0, 0.1) is 0 Å². The number of methoxy groups -OCH3 is 1. The van der Waals surface area contributed by atoms with E-state index < -0.39 is 5.97 Å². The summed E-state index contributed by atoms with van der Waals surface area (Å²) in [5.41, 5.74) is 1.78. The maximum Gasteiger partial charge on any atom is 0.339 e. The molecule has 0 aliphatic heterocycles. The monoisotopic (exact) mass is 439 g/mol. The molecule has 0 radical (unpaired) electrons. The zero-order chi connectivity index (χ0) is 22.2. The Labute approximate surface area is 185 Å². The van der Waals surface area contributed by atoms with Crippen LogP contribution in [-0.2, 0) is 17.9 Å². The van der Waals surface area contributed by atoms with Gasteiger partial charge in [-0.15, -0.1) is 0 Å². The Hall–Kier alpha value is -3.51. The summed E-state index contributed by atoms with van der Waals surface area (Å²) >= 11 is 5.88. The Morgan fingerprint density at radius 1 is 0.935 bits per heavy atom. The van der Waals surface area contributed by atoms with Crippen molar-refractivity contribution in [1.82, 2.24) is 4.90 Å². The number of hydrogen-bond acceptors (Lipinski definition) is 4. The third-order valence-corrected chi connectivity index (χ3v) is 4.83. The first-order valence-electron chi connectivity index (χ1n) is 9.56. The number of carboxylic acid groups (broad SMARTS) is 1. The minimum atomic E-state index is -1.18. The van der Waals surface area contributed by atoms with E-state index in [-0.39, 0.29) is 28.8 Å². The van der Waals surface area contributed by atoms with Crippen LogP contribution in [0.5, 0.6) is 11.5 Å². The van der Waals surface area contributed by atoms with Crippen LogP contribution < -0.4 is 9.47 Å². The lowest BCUT2D eigenvalue weighted by molar-refractivity contribution is -0.134. The lowest BCUT2D eigenvalue weighted by atomic mass is 10.1. The van der Waals surface area contributed by atoms with Gasteiger partial charge in [-0.3, -0.25) is 4.79 Å². The van der Waals surface area contributed by atoms with Crippen LogP contribution in [-0.4, -0.2) is 35.6 Å². The van der Waals surface area contributed by atoms with Gasteiger partial charge in [-0.1, -0.05) is 54.1 Å². The molecule has 0 heterocycles. The lowest BCUT2D eigenvalue weighted by Crippen LogP contribution is -2.34. The summed E-state index contributed by atoms with van der Waals surface area (Å²) in [5.74, 6) is -0.667. The molecule has 0 aromatic heterocycles. The van der Waals surface area contributed by atoms with Crippen LogP contribution in [0.2, 0.25) is 5.02 Å². The molecule has 0 spiro atoms. The highest BCUT2D eigenvalue weighted by molar-refractivity contribution is 6.31. The number of carbonyl (C=O) groups excluding carboxylic acids is 1. The molecule has 0 unspecified atom stereocenters. The second kappa shape index (κ2) is 10.5. The number of ether oxygens (including phenoxy) is 2. The Balaban J connectivity index is 1.78. The van der Waals surface area contributed by atoms with Gasteiger partial charge >= 0.3 is 5.97 Å². The number of aromatic carboxylic acids is 1. The quantitative estimate of drug-likeness (QED) is 0.525. The first kappa shape index (κ1) is 22.2. The molecule has 31 heavy (non-hydrogen) atoms. The molecule has 160 valence electrons. The molecule has 6 nitrogen and oxygen atoms in total. The molecule has 0 atom stereocenters. The number of carboxylic acids is 1. The number of hydrogen-bond donors (Lipinski definition) is 1. The summed E-state index contributed by atoms with van der Waals surface area (Å²) in [6, 6.07) is 21.4. The first-order chi connectivity index (χ1) is 15.0. The Morgan fingerprint density at radius 2 is 1.65 bits per heavy atom. The number of nitrogens with zero attached hydrogens (tertiary/aromatic N) is 1. The van der Waals surface area contributed by atoms with Crippen molar-refractivity contribution in [2.45, 2.75) is 13.1 Å². The highest BCUT2D eigenvalue weighted by Crippen LogP contribution is 2.23. The third-order valence-electron chi connectivity index (χ3n) is 4.60. The molecule has 3 rings (SSSR count). The second-order valence-corrected chi connectivity index (χ2v) is 7.26. The highest BCUT2D eigenvalue weighted by atomic mass is 35.5. The van der Waals surface area contributed by atoms with Crippen LogP contribution in [0.3, 0.4) is 0 Å². The molecule has 0 saturated carbocycles. The molecular weight excluding hydrogens is 418 g/mol. The van der Waals surface area contributed by atoms with Gasteiger partial charge in [-0.2, -0.15) is 0 Å². The second-order valence-electron chi connectivity index (χ2n) is 6.82. The fourth-order valence-electron chi connectivity index (χ4n) is 3.05. The van der Waals surface area contributed by atoms with E-state index in [2.05, 4.69) is 0 Å². The van der Waals surface area contributed by atoms with Crippen molar-refractivity contribution in [1.29, 1.82) is 0 Å². The fourth-order valence-corrected chi connectivity index (χ4v) is 3.23. The molecule has 7 heteroatoms. The maximum atomic E-state index is 13.0. The predicted octanol–water partition coefficient (Wildman–Crippen LogP) is 4.65. The molecule has 1 N–H and O–H groups in total. The summed E-state index contributed by atoms with van der Waals surface area (Å²) in [4.78, 5) is 26.1. The maximum absolute atomic E-state index is 13.0. The summed E-state index contributed by atoms with van der Waals surface area (Å²) in [5, 5.41) is 9.64. The van der Waals surface area contributed by atoms with Crippen LogP contribution in [0.1, 0.15) is 21.5 Å². The van der Waals surface area contributed by atoms with Crippen LogP contribution in [0.25, 0.3) is 0 Å². The molecule has 0 aliphatic rings.